The normalized spacial score (nSPS) is 19.5. The summed E-state index contributed by atoms with van der Waals surface area (Å²) in [6, 6.07) is 8.09. The molecule has 1 aromatic carbocycles. The van der Waals surface area contributed by atoms with Gasteiger partial charge in [-0.2, -0.15) is 0 Å². The van der Waals surface area contributed by atoms with E-state index in [2.05, 4.69) is 11.0 Å². The predicted octanol–water partition coefficient (Wildman–Crippen LogP) is 1.05. The summed E-state index contributed by atoms with van der Waals surface area (Å²) >= 11 is 0. The van der Waals surface area contributed by atoms with Crippen LogP contribution >= 0.6 is 0 Å². The molecule has 0 radical (unpaired) electrons. The first-order valence-corrected chi connectivity index (χ1v) is 7.87. The molecule has 6 heteroatoms. The van der Waals surface area contributed by atoms with Gasteiger partial charge in [0.25, 0.3) is 0 Å². The number of rotatable bonds is 6. The first-order valence-electron chi connectivity index (χ1n) is 7.87. The Hall–Kier alpha value is -1.89. The van der Waals surface area contributed by atoms with Gasteiger partial charge in [-0.05, 0) is 13.1 Å². The molecule has 1 amide bonds. The minimum absolute atomic E-state index is 0.0891. The number of hydrogen-bond donors (Lipinski definition) is 1. The molecule has 0 aliphatic carbocycles. The van der Waals surface area contributed by atoms with Crippen LogP contribution in [0.1, 0.15) is 5.56 Å². The average Bonchev–Trinajstić information content (AvgIpc) is 2.90. The van der Waals surface area contributed by atoms with Crippen LogP contribution in [0.2, 0.25) is 0 Å². The Morgan fingerprint density at radius 1 is 1.43 bits per heavy atom. The number of furan rings is 1. The summed E-state index contributed by atoms with van der Waals surface area (Å²) in [5.41, 5.74) is 7.35. The fourth-order valence-electron chi connectivity index (χ4n) is 3.11. The van der Waals surface area contributed by atoms with E-state index in [0.29, 0.717) is 13.2 Å². The molecule has 0 spiro atoms. The van der Waals surface area contributed by atoms with Crippen LogP contribution in [-0.4, -0.2) is 61.6 Å². The summed E-state index contributed by atoms with van der Waals surface area (Å²) in [5, 5.41) is 1.17. The molecule has 1 aromatic heterocycles. The van der Waals surface area contributed by atoms with Crippen molar-refractivity contribution in [2.24, 2.45) is 5.73 Å². The van der Waals surface area contributed by atoms with Crippen LogP contribution in [0.4, 0.5) is 0 Å². The number of carbonyl (C=O) groups is 1. The summed E-state index contributed by atoms with van der Waals surface area (Å²) in [7, 11) is 1.89. The molecule has 1 atom stereocenters. The molecule has 1 aliphatic rings. The molecule has 6 nitrogen and oxygen atoms in total. The fraction of sp³-hybridized carbons (Fsp3) is 0.471. The van der Waals surface area contributed by atoms with Crippen molar-refractivity contribution < 1.29 is 13.9 Å². The Labute approximate surface area is 135 Å². The van der Waals surface area contributed by atoms with Gasteiger partial charge >= 0.3 is 0 Å². The molecule has 1 saturated heterocycles. The van der Waals surface area contributed by atoms with Crippen molar-refractivity contribution in [3.8, 4) is 0 Å². The van der Waals surface area contributed by atoms with Gasteiger partial charge < -0.3 is 14.9 Å². The molecule has 23 heavy (non-hydrogen) atoms. The molecule has 2 aromatic rings. The number of para-hydroxylation sites is 1. The second-order valence-electron chi connectivity index (χ2n) is 6.15. The van der Waals surface area contributed by atoms with Crippen molar-refractivity contribution in [3.63, 3.8) is 0 Å². The van der Waals surface area contributed by atoms with Gasteiger partial charge in [-0.25, -0.2) is 0 Å². The zero-order valence-corrected chi connectivity index (χ0v) is 13.4. The number of ether oxygens (including phenoxy) is 1. The quantitative estimate of drug-likeness (QED) is 0.862. The van der Waals surface area contributed by atoms with Gasteiger partial charge in [0.2, 0.25) is 5.91 Å². The standard InChI is InChI=1S/C17H23N3O3/c1-19(11-17(18)21)9-14-10-20(6-7-22-14)8-13-12-23-16-5-3-2-4-15(13)16/h2-5,12,14H,6-11H2,1H3,(H2,18,21). The third-order valence-electron chi connectivity index (χ3n) is 4.12. The topological polar surface area (TPSA) is 71.9 Å². The van der Waals surface area contributed by atoms with Crippen LogP contribution in [-0.2, 0) is 16.1 Å². The number of nitrogens with zero attached hydrogens (tertiary/aromatic N) is 2. The van der Waals surface area contributed by atoms with Crippen LogP contribution in [0.25, 0.3) is 11.0 Å². The lowest BCUT2D eigenvalue weighted by molar-refractivity contribution is -0.119. The first kappa shape index (κ1) is 16.0. The van der Waals surface area contributed by atoms with E-state index in [1.165, 1.54) is 10.9 Å². The minimum atomic E-state index is -0.315. The molecule has 1 unspecified atom stereocenters. The molecule has 3 rings (SSSR count). The lowest BCUT2D eigenvalue weighted by atomic mass is 10.1. The summed E-state index contributed by atoms with van der Waals surface area (Å²) in [5.74, 6) is -0.315. The number of carbonyl (C=O) groups excluding carboxylic acids is 1. The van der Waals surface area contributed by atoms with Crippen LogP contribution in [0.15, 0.2) is 34.9 Å². The van der Waals surface area contributed by atoms with Crippen LogP contribution < -0.4 is 5.73 Å². The highest BCUT2D eigenvalue weighted by Gasteiger charge is 2.23. The van der Waals surface area contributed by atoms with E-state index in [0.717, 1.165) is 25.2 Å². The zero-order chi connectivity index (χ0) is 16.2. The number of likely N-dealkylation sites (N-methyl/N-ethyl adjacent to an activating group) is 1. The molecule has 124 valence electrons. The molecule has 0 saturated carbocycles. The predicted molar refractivity (Wildman–Crippen MR) is 87.9 cm³/mol. The van der Waals surface area contributed by atoms with E-state index in [1.807, 2.05) is 36.4 Å². The maximum Gasteiger partial charge on any atom is 0.231 e. The van der Waals surface area contributed by atoms with E-state index in [-0.39, 0.29) is 18.6 Å². The van der Waals surface area contributed by atoms with Gasteiger partial charge in [-0.1, -0.05) is 18.2 Å². The Balaban J connectivity index is 1.59. The van der Waals surface area contributed by atoms with Crippen LogP contribution in [0, 0.1) is 0 Å². The fourth-order valence-corrected chi connectivity index (χ4v) is 3.11. The van der Waals surface area contributed by atoms with Gasteiger partial charge in [0.1, 0.15) is 5.58 Å². The molecule has 1 fully saturated rings. The largest absolute Gasteiger partial charge is 0.464 e. The third-order valence-corrected chi connectivity index (χ3v) is 4.12. The number of morpholine rings is 1. The highest BCUT2D eigenvalue weighted by molar-refractivity contribution is 5.80. The highest BCUT2D eigenvalue weighted by Crippen LogP contribution is 2.22. The van der Waals surface area contributed by atoms with Crippen molar-refractivity contribution in [1.29, 1.82) is 0 Å². The summed E-state index contributed by atoms with van der Waals surface area (Å²) in [4.78, 5) is 15.2. The SMILES string of the molecule is CN(CC(N)=O)CC1CN(Cc2coc3ccccc23)CCO1. The van der Waals surface area contributed by atoms with Crippen molar-refractivity contribution in [3.05, 3.63) is 36.1 Å². The zero-order valence-electron chi connectivity index (χ0n) is 13.4. The minimum Gasteiger partial charge on any atom is -0.464 e. The second kappa shape index (κ2) is 7.12. The summed E-state index contributed by atoms with van der Waals surface area (Å²) in [6.45, 7) is 4.23. The number of benzene rings is 1. The molecule has 2 N–H and O–H groups in total. The van der Waals surface area contributed by atoms with Crippen LogP contribution in [0.5, 0.6) is 0 Å². The molecular weight excluding hydrogens is 294 g/mol. The van der Waals surface area contributed by atoms with Crippen LogP contribution in [0.3, 0.4) is 0 Å². The molecule has 1 aliphatic heterocycles. The maximum atomic E-state index is 11.0. The third kappa shape index (κ3) is 4.10. The van der Waals surface area contributed by atoms with E-state index in [1.54, 1.807) is 0 Å². The Morgan fingerprint density at radius 3 is 3.09 bits per heavy atom. The molecular formula is C17H23N3O3. The van der Waals surface area contributed by atoms with E-state index < -0.39 is 0 Å². The van der Waals surface area contributed by atoms with E-state index >= 15 is 0 Å². The maximum absolute atomic E-state index is 11.0. The smallest absolute Gasteiger partial charge is 0.231 e. The number of nitrogens with two attached hydrogens (primary N) is 1. The van der Waals surface area contributed by atoms with Crippen molar-refractivity contribution in [1.82, 2.24) is 9.80 Å². The highest BCUT2D eigenvalue weighted by atomic mass is 16.5. The lowest BCUT2D eigenvalue weighted by Crippen LogP contribution is -2.47. The number of amides is 1. The molecule has 0 bridgehead atoms. The van der Waals surface area contributed by atoms with Gasteiger partial charge in [0.15, 0.2) is 0 Å². The molecule has 2 heterocycles. The van der Waals surface area contributed by atoms with E-state index in [9.17, 15) is 4.79 Å². The average molecular weight is 317 g/mol. The van der Waals surface area contributed by atoms with Gasteiger partial charge in [-0.3, -0.25) is 14.6 Å². The summed E-state index contributed by atoms with van der Waals surface area (Å²) < 4.78 is 11.4. The number of fused-ring (bicyclic) bond motifs is 1. The second-order valence-corrected chi connectivity index (χ2v) is 6.15. The number of primary amides is 1. The van der Waals surface area contributed by atoms with Gasteiger partial charge in [0, 0.05) is 37.1 Å². The van der Waals surface area contributed by atoms with Crippen molar-refractivity contribution in [2.45, 2.75) is 12.6 Å². The Kier molecular flexibility index (Phi) is 4.95. The Morgan fingerprint density at radius 2 is 2.26 bits per heavy atom. The van der Waals surface area contributed by atoms with Crippen molar-refractivity contribution >= 4 is 16.9 Å². The lowest BCUT2D eigenvalue weighted by Gasteiger charge is -2.34. The first-order chi connectivity index (χ1) is 11.1. The summed E-state index contributed by atoms with van der Waals surface area (Å²) in [6.07, 6.45) is 1.93. The van der Waals surface area contributed by atoms with Gasteiger partial charge in [0.05, 0.1) is 25.5 Å². The monoisotopic (exact) mass is 317 g/mol. The van der Waals surface area contributed by atoms with Crippen molar-refractivity contribution in [2.75, 3.05) is 39.8 Å². The number of hydrogen-bond acceptors (Lipinski definition) is 5. The van der Waals surface area contributed by atoms with Gasteiger partial charge in [-0.15, -0.1) is 0 Å². The van der Waals surface area contributed by atoms with E-state index in [4.69, 9.17) is 14.9 Å². The Bertz CT molecular complexity index is 670.